The topological polar surface area (TPSA) is 63.2 Å². The summed E-state index contributed by atoms with van der Waals surface area (Å²) >= 11 is 12.4. The van der Waals surface area contributed by atoms with Gasteiger partial charge in [0.1, 0.15) is 11.2 Å². The van der Waals surface area contributed by atoms with E-state index >= 15 is 0 Å². The average molecular weight is 372 g/mol. The van der Waals surface area contributed by atoms with Crippen LogP contribution in [0.25, 0.3) is 11.0 Å². The number of benzene rings is 2. The molecule has 1 aliphatic rings. The summed E-state index contributed by atoms with van der Waals surface area (Å²) in [5.74, 6) is -0.727. The molecule has 1 unspecified atom stereocenters. The fourth-order valence-electron chi connectivity index (χ4n) is 2.98. The van der Waals surface area contributed by atoms with Gasteiger partial charge in [-0.2, -0.15) is 0 Å². The highest BCUT2D eigenvalue weighted by molar-refractivity contribution is 6.35. The maximum atomic E-state index is 12.6. The average Bonchev–Trinajstić information content (AvgIpc) is 2.86. The summed E-state index contributed by atoms with van der Waals surface area (Å²) in [7, 11) is 0. The highest BCUT2D eigenvalue weighted by Gasteiger charge is 2.39. The highest BCUT2D eigenvalue weighted by atomic mass is 35.5. The number of amides is 2. The maximum absolute atomic E-state index is 12.6. The van der Waals surface area contributed by atoms with E-state index in [0.717, 1.165) is 4.90 Å². The van der Waals surface area contributed by atoms with Crippen molar-refractivity contribution in [2.45, 2.75) is 13.0 Å². The van der Waals surface area contributed by atoms with Gasteiger partial charge < -0.3 is 0 Å². The van der Waals surface area contributed by atoms with Crippen molar-refractivity contribution < 1.29 is 9.59 Å². The lowest BCUT2D eigenvalue weighted by atomic mass is 10.1. The largest absolute Gasteiger partial charge is 0.269 e. The zero-order chi connectivity index (χ0) is 17.7. The zero-order valence-corrected chi connectivity index (χ0v) is 14.5. The summed E-state index contributed by atoms with van der Waals surface area (Å²) in [5.41, 5.74) is 2.15. The van der Waals surface area contributed by atoms with E-state index in [1.54, 1.807) is 49.4 Å². The molecule has 124 valence electrons. The third kappa shape index (κ3) is 2.39. The van der Waals surface area contributed by atoms with Crippen LogP contribution in [0, 0.1) is 0 Å². The molecule has 0 N–H and O–H groups in total. The number of imide groups is 1. The monoisotopic (exact) mass is 371 g/mol. The number of fused-ring (bicyclic) bond motifs is 2. The number of para-hydroxylation sites is 1. The molecule has 4 rings (SSSR count). The molecule has 0 fully saturated rings. The molecule has 1 aromatic heterocycles. The Balaban J connectivity index is 1.81. The van der Waals surface area contributed by atoms with Gasteiger partial charge in [-0.25, -0.2) is 9.97 Å². The number of aromatic nitrogens is 2. The van der Waals surface area contributed by atoms with Gasteiger partial charge in [0.15, 0.2) is 5.15 Å². The van der Waals surface area contributed by atoms with Gasteiger partial charge in [0.05, 0.1) is 27.7 Å². The molecule has 0 radical (unpaired) electrons. The Labute approximate surface area is 153 Å². The van der Waals surface area contributed by atoms with Crippen molar-refractivity contribution in [3.05, 3.63) is 69.5 Å². The van der Waals surface area contributed by atoms with Crippen LogP contribution >= 0.6 is 23.2 Å². The maximum Gasteiger partial charge on any atom is 0.262 e. The lowest BCUT2D eigenvalue weighted by Crippen LogP contribution is -2.33. The molecular formula is C18H11Cl2N3O2. The minimum atomic E-state index is -0.657. The van der Waals surface area contributed by atoms with Crippen molar-refractivity contribution in [3.8, 4) is 0 Å². The van der Waals surface area contributed by atoms with E-state index in [1.807, 2.05) is 0 Å². The van der Waals surface area contributed by atoms with E-state index in [1.165, 1.54) is 0 Å². The summed E-state index contributed by atoms with van der Waals surface area (Å²) in [6.45, 7) is 1.70. The molecule has 0 saturated heterocycles. The molecule has 5 nitrogen and oxygen atoms in total. The van der Waals surface area contributed by atoms with Gasteiger partial charge in [-0.15, -0.1) is 0 Å². The number of rotatable bonds is 2. The van der Waals surface area contributed by atoms with Gasteiger partial charge in [-0.1, -0.05) is 41.4 Å². The first-order chi connectivity index (χ1) is 12.0. The van der Waals surface area contributed by atoms with E-state index in [2.05, 4.69) is 9.97 Å². The Bertz CT molecular complexity index is 1020. The number of nitrogens with zero attached hydrogens (tertiary/aromatic N) is 3. The van der Waals surface area contributed by atoms with E-state index < -0.39 is 6.04 Å². The highest BCUT2D eigenvalue weighted by Crippen LogP contribution is 2.34. The van der Waals surface area contributed by atoms with Crippen molar-refractivity contribution in [1.82, 2.24) is 14.9 Å². The van der Waals surface area contributed by atoms with Gasteiger partial charge >= 0.3 is 0 Å². The quantitative estimate of drug-likeness (QED) is 0.630. The van der Waals surface area contributed by atoms with Crippen LogP contribution in [0.4, 0.5) is 0 Å². The van der Waals surface area contributed by atoms with Crippen LogP contribution in [0.5, 0.6) is 0 Å². The van der Waals surface area contributed by atoms with Gasteiger partial charge in [0, 0.05) is 0 Å². The lowest BCUT2D eigenvalue weighted by molar-refractivity contribution is 0.0592. The Hall–Kier alpha value is -2.50. The second kappa shape index (κ2) is 5.79. The standard InChI is InChI=1S/C18H11Cl2N3O2/c1-9(23-17(24)10-5-2-3-6-11(10)18(23)25)14-16(20)22-15-12(19)7-4-8-13(15)21-14/h2-9H,1H3. The van der Waals surface area contributed by atoms with Crippen LogP contribution in [-0.4, -0.2) is 26.7 Å². The third-order valence-electron chi connectivity index (χ3n) is 4.24. The fraction of sp³-hybridized carbons (Fsp3) is 0.111. The van der Waals surface area contributed by atoms with E-state index in [4.69, 9.17) is 23.2 Å². The molecule has 2 aromatic carbocycles. The summed E-state index contributed by atoms with van der Waals surface area (Å²) in [6.07, 6.45) is 0. The first kappa shape index (κ1) is 16.0. The summed E-state index contributed by atoms with van der Waals surface area (Å²) in [5, 5.41) is 0.552. The predicted molar refractivity (Wildman–Crippen MR) is 94.9 cm³/mol. The molecule has 0 spiro atoms. The number of hydrogen-bond donors (Lipinski definition) is 0. The molecular weight excluding hydrogens is 361 g/mol. The Kier molecular flexibility index (Phi) is 3.71. The summed E-state index contributed by atoms with van der Waals surface area (Å²) in [4.78, 5) is 35.2. The molecule has 1 aliphatic heterocycles. The molecule has 1 atom stereocenters. The first-order valence-electron chi connectivity index (χ1n) is 7.57. The first-order valence-corrected chi connectivity index (χ1v) is 8.33. The third-order valence-corrected chi connectivity index (χ3v) is 4.82. The van der Waals surface area contributed by atoms with Crippen molar-refractivity contribution in [1.29, 1.82) is 0 Å². The Morgan fingerprint density at radius 1 is 0.920 bits per heavy atom. The van der Waals surface area contributed by atoms with Crippen LogP contribution < -0.4 is 0 Å². The van der Waals surface area contributed by atoms with E-state index in [9.17, 15) is 9.59 Å². The minimum absolute atomic E-state index is 0.115. The van der Waals surface area contributed by atoms with Crippen LogP contribution in [0.3, 0.4) is 0 Å². The van der Waals surface area contributed by atoms with Gasteiger partial charge in [-0.05, 0) is 31.2 Å². The van der Waals surface area contributed by atoms with Crippen LogP contribution in [0.1, 0.15) is 39.4 Å². The summed E-state index contributed by atoms with van der Waals surface area (Å²) < 4.78 is 0. The number of halogens is 2. The Morgan fingerprint density at radius 2 is 1.56 bits per heavy atom. The number of carbonyl (C=O) groups is 2. The molecule has 25 heavy (non-hydrogen) atoms. The number of hydrogen-bond acceptors (Lipinski definition) is 4. The Morgan fingerprint density at radius 3 is 2.20 bits per heavy atom. The van der Waals surface area contributed by atoms with Crippen molar-refractivity contribution in [2.75, 3.05) is 0 Å². The normalized spacial score (nSPS) is 14.9. The van der Waals surface area contributed by atoms with Crippen LogP contribution in [0.15, 0.2) is 42.5 Å². The second-order valence-corrected chi connectivity index (χ2v) is 6.47. The molecule has 2 amide bonds. The van der Waals surface area contributed by atoms with Crippen molar-refractivity contribution in [2.24, 2.45) is 0 Å². The van der Waals surface area contributed by atoms with Crippen molar-refractivity contribution >= 4 is 46.0 Å². The van der Waals surface area contributed by atoms with Crippen LogP contribution in [0.2, 0.25) is 10.2 Å². The van der Waals surface area contributed by atoms with Crippen molar-refractivity contribution in [3.63, 3.8) is 0 Å². The smallest absolute Gasteiger partial charge is 0.262 e. The van der Waals surface area contributed by atoms with Crippen LogP contribution in [-0.2, 0) is 0 Å². The molecule has 7 heteroatoms. The molecule has 0 aliphatic carbocycles. The fourth-order valence-corrected chi connectivity index (χ4v) is 3.48. The molecule has 3 aromatic rings. The van der Waals surface area contributed by atoms with Gasteiger partial charge in [0.2, 0.25) is 0 Å². The molecule has 2 heterocycles. The SMILES string of the molecule is CC(c1nc2cccc(Cl)c2nc1Cl)N1C(=O)c2ccccc2C1=O. The molecule has 0 bridgehead atoms. The minimum Gasteiger partial charge on any atom is -0.269 e. The van der Waals surface area contributed by atoms with E-state index in [-0.39, 0.29) is 17.0 Å². The predicted octanol–water partition coefficient (Wildman–Crippen LogP) is 4.29. The second-order valence-electron chi connectivity index (χ2n) is 5.71. The van der Waals surface area contributed by atoms with Gasteiger partial charge in [0.25, 0.3) is 11.8 Å². The van der Waals surface area contributed by atoms with Gasteiger partial charge in [-0.3, -0.25) is 14.5 Å². The lowest BCUT2D eigenvalue weighted by Gasteiger charge is -2.22. The molecule has 0 saturated carbocycles. The summed E-state index contributed by atoms with van der Waals surface area (Å²) in [6, 6.07) is 11.3. The number of carbonyl (C=O) groups excluding carboxylic acids is 2. The zero-order valence-electron chi connectivity index (χ0n) is 13.0. The van der Waals surface area contributed by atoms with E-state index in [0.29, 0.717) is 32.9 Å².